The van der Waals surface area contributed by atoms with E-state index in [2.05, 4.69) is 10.6 Å². The van der Waals surface area contributed by atoms with Crippen LogP contribution in [-0.2, 0) is 0 Å². The van der Waals surface area contributed by atoms with Gasteiger partial charge in [-0.1, -0.05) is 0 Å². The summed E-state index contributed by atoms with van der Waals surface area (Å²) in [5, 5.41) is 6.04. The van der Waals surface area contributed by atoms with Gasteiger partial charge >= 0.3 is 0 Å². The fourth-order valence-electron chi connectivity index (χ4n) is 2.79. The predicted octanol–water partition coefficient (Wildman–Crippen LogP) is 0.667. The third-order valence-electron chi connectivity index (χ3n) is 3.82. The summed E-state index contributed by atoms with van der Waals surface area (Å²) in [6.07, 6.45) is 2.51. The average Bonchev–Trinajstić information content (AvgIpc) is 2.29. The molecule has 0 aliphatic carbocycles. The van der Waals surface area contributed by atoms with Crippen LogP contribution in [-0.4, -0.2) is 56.1 Å². The van der Waals surface area contributed by atoms with Gasteiger partial charge in [0.25, 0.3) is 5.92 Å². The van der Waals surface area contributed by atoms with Gasteiger partial charge in [0.1, 0.15) is 0 Å². The van der Waals surface area contributed by atoms with Crippen molar-refractivity contribution in [2.45, 2.75) is 37.3 Å². The molecule has 0 aromatic rings. The minimum atomic E-state index is -2.59. The van der Waals surface area contributed by atoms with E-state index in [0.717, 1.165) is 25.9 Å². The average molecular weight is 233 g/mol. The summed E-state index contributed by atoms with van der Waals surface area (Å²) in [6.45, 7) is 2.43. The van der Waals surface area contributed by atoms with Crippen LogP contribution >= 0.6 is 0 Å². The van der Waals surface area contributed by atoms with Crippen LogP contribution in [0.4, 0.5) is 8.78 Å². The van der Waals surface area contributed by atoms with Gasteiger partial charge in [-0.3, -0.25) is 4.90 Å². The van der Waals surface area contributed by atoms with Crippen molar-refractivity contribution in [2.24, 2.45) is 0 Å². The van der Waals surface area contributed by atoms with E-state index >= 15 is 0 Å². The van der Waals surface area contributed by atoms with Gasteiger partial charge in [-0.05, 0) is 45.9 Å². The Morgan fingerprint density at radius 2 is 1.69 bits per heavy atom. The van der Waals surface area contributed by atoms with E-state index in [9.17, 15) is 8.78 Å². The first-order chi connectivity index (χ1) is 7.61. The molecule has 2 rings (SSSR count). The molecule has 2 heterocycles. The summed E-state index contributed by atoms with van der Waals surface area (Å²) in [7, 11) is 1.86. The summed E-state index contributed by atoms with van der Waals surface area (Å²) in [5.41, 5.74) is 0. The number of nitrogens with one attached hydrogen (secondary N) is 2. The predicted molar refractivity (Wildman–Crippen MR) is 59.9 cm³/mol. The lowest BCUT2D eigenvalue weighted by molar-refractivity contribution is -0.101. The number of hydrogen-bond donors (Lipinski definition) is 2. The molecule has 2 saturated heterocycles. The maximum Gasteiger partial charge on any atom is 0.275 e. The van der Waals surface area contributed by atoms with Crippen molar-refractivity contribution in [2.75, 3.05) is 33.2 Å². The molecule has 2 aliphatic rings. The summed E-state index contributed by atoms with van der Waals surface area (Å²) < 4.78 is 27.5. The van der Waals surface area contributed by atoms with Crippen molar-refractivity contribution in [3.8, 4) is 0 Å². The fraction of sp³-hybridized carbons (Fsp3) is 1.00. The Kier molecular flexibility index (Phi) is 3.77. The van der Waals surface area contributed by atoms with Gasteiger partial charge in [0.15, 0.2) is 0 Å². The topological polar surface area (TPSA) is 27.3 Å². The van der Waals surface area contributed by atoms with Gasteiger partial charge < -0.3 is 10.6 Å². The SMILES string of the molecule is CN(C1CCNCC1)C1CCNCC1(F)F. The molecule has 94 valence electrons. The Morgan fingerprint density at radius 1 is 1.06 bits per heavy atom. The first-order valence-electron chi connectivity index (χ1n) is 6.12. The van der Waals surface area contributed by atoms with Crippen molar-refractivity contribution in [1.29, 1.82) is 0 Å². The second-order valence-corrected chi connectivity index (χ2v) is 4.89. The summed E-state index contributed by atoms with van der Waals surface area (Å²) in [6, 6.07) is -0.271. The second kappa shape index (κ2) is 4.94. The zero-order valence-electron chi connectivity index (χ0n) is 9.81. The molecule has 1 atom stereocenters. The molecule has 0 saturated carbocycles. The first-order valence-corrected chi connectivity index (χ1v) is 6.12. The molecule has 16 heavy (non-hydrogen) atoms. The van der Waals surface area contributed by atoms with Crippen LogP contribution in [0, 0.1) is 0 Å². The first kappa shape index (κ1) is 12.2. The minimum absolute atomic E-state index is 0.174. The van der Waals surface area contributed by atoms with Crippen molar-refractivity contribution >= 4 is 0 Å². The Balaban J connectivity index is 1.98. The standard InChI is InChI=1S/C11H21F2N3/c1-16(9-2-5-14-6-3-9)10-4-7-15-8-11(10,12)13/h9-10,14-15H,2-8H2,1H3. The molecule has 0 aromatic carbocycles. The lowest BCUT2D eigenvalue weighted by Crippen LogP contribution is -2.59. The van der Waals surface area contributed by atoms with Crippen molar-refractivity contribution in [3.63, 3.8) is 0 Å². The van der Waals surface area contributed by atoms with Crippen LogP contribution in [0.1, 0.15) is 19.3 Å². The Labute approximate surface area is 95.6 Å². The number of halogens is 2. The number of piperidine rings is 2. The van der Waals surface area contributed by atoms with Crippen LogP contribution in [0.3, 0.4) is 0 Å². The molecule has 0 radical (unpaired) electrons. The van der Waals surface area contributed by atoms with E-state index in [-0.39, 0.29) is 6.54 Å². The Hall–Kier alpha value is -0.260. The van der Waals surface area contributed by atoms with Crippen LogP contribution in [0.15, 0.2) is 0 Å². The molecular weight excluding hydrogens is 212 g/mol. The van der Waals surface area contributed by atoms with Gasteiger partial charge in [0.2, 0.25) is 0 Å². The Bertz CT molecular complexity index is 229. The molecule has 2 N–H and O–H groups in total. The summed E-state index contributed by atoms with van der Waals surface area (Å²) >= 11 is 0. The van der Waals surface area contributed by atoms with Crippen molar-refractivity contribution < 1.29 is 8.78 Å². The fourth-order valence-corrected chi connectivity index (χ4v) is 2.79. The number of alkyl halides is 2. The molecule has 0 spiro atoms. The highest BCUT2D eigenvalue weighted by atomic mass is 19.3. The second-order valence-electron chi connectivity index (χ2n) is 4.89. The molecule has 0 aromatic heterocycles. The molecule has 0 amide bonds. The lowest BCUT2D eigenvalue weighted by Gasteiger charge is -2.43. The van der Waals surface area contributed by atoms with Crippen LogP contribution < -0.4 is 10.6 Å². The third-order valence-corrected chi connectivity index (χ3v) is 3.82. The van der Waals surface area contributed by atoms with E-state index in [1.54, 1.807) is 0 Å². The highest BCUT2D eigenvalue weighted by Gasteiger charge is 2.45. The van der Waals surface area contributed by atoms with Gasteiger partial charge in [0, 0.05) is 6.04 Å². The number of rotatable bonds is 2. The zero-order valence-corrected chi connectivity index (χ0v) is 9.81. The van der Waals surface area contributed by atoms with Crippen molar-refractivity contribution in [1.82, 2.24) is 15.5 Å². The molecule has 0 bridgehead atoms. The molecule has 1 unspecified atom stereocenters. The highest BCUT2D eigenvalue weighted by Crippen LogP contribution is 2.29. The van der Waals surface area contributed by atoms with Crippen molar-refractivity contribution in [3.05, 3.63) is 0 Å². The third kappa shape index (κ3) is 2.52. The van der Waals surface area contributed by atoms with E-state index in [0.29, 0.717) is 19.0 Å². The zero-order chi connectivity index (χ0) is 11.6. The van der Waals surface area contributed by atoms with E-state index in [1.807, 2.05) is 11.9 Å². The van der Waals surface area contributed by atoms with Gasteiger partial charge in [0.05, 0.1) is 12.6 Å². The van der Waals surface area contributed by atoms with Gasteiger partial charge in [-0.15, -0.1) is 0 Å². The minimum Gasteiger partial charge on any atom is -0.317 e. The summed E-state index contributed by atoms with van der Waals surface area (Å²) in [5.74, 6) is -2.59. The van der Waals surface area contributed by atoms with Crippen LogP contribution in [0.5, 0.6) is 0 Å². The van der Waals surface area contributed by atoms with Gasteiger partial charge in [-0.25, -0.2) is 8.78 Å². The van der Waals surface area contributed by atoms with Crippen LogP contribution in [0.25, 0.3) is 0 Å². The quantitative estimate of drug-likeness (QED) is 0.734. The molecule has 5 heteroatoms. The van der Waals surface area contributed by atoms with E-state index < -0.39 is 12.0 Å². The highest BCUT2D eigenvalue weighted by molar-refractivity contribution is 4.93. The van der Waals surface area contributed by atoms with Gasteiger partial charge in [-0.2, -0.15) is 0 Å². The molecule has 3 nitrogen and oxygen atoms in total. The normalized spacial score (nSPS) is 31.9. The molecule has 2 aliphatic heterocycles. The smallest absolute Gasteiger partial charge is 0.275 e. The monoisotopic (exact) mass is 233 g/mol. The number of nitrogens with zero attached hydrogens (tertiary/aromatic N) is 1. The van der Waals surface area contributed by atoms with Crippen LogP contribution in [0.2, 0.25) is 0 Å². The maximum absolute atomic E-state index is 13.8. The molecular formula is C11H21F2N3. The van der Waals surface area contributed by atoms with E-state index in [1.165, 1.54) is 0 Å². The van der Waals surface area contributed by atoms with E-state index in [4.69, 9.17) is 0 Å². The Morgan fingerprint density at radius 3 is 2.31 bits per heavy atom. The summed E-state index contributed by atoms with van der Waals surface area (Å²) in [4.78, 5) is 1.92. The molecule has 2 fully saturated rings. The number of hydrogen-bond acceptors (Lipinski definition) is 3. The maximum atomic E-state index is 13.8. The lowest BCUT2D eigenvalue weighted by atomic mass is 9.96. The largest absolute Gasteiger partial charge is 0.317 e.